The zero-order valence-corrected chi connectivity index (χ0v) is 11.4. The lowest BCUT2D eigenvalue weighted by molar-refractivity contribution is -0.228. The number of hydroxylamine groups is 2. The molecule has 3 aliphatic rings. The highest BCUT2D eigenvalue weighted by Gasteiger charge is 2.59. The van der Waals surface area contributed by atoms with Crippen molar-refractivity contribution in [3.8, 4) is 0 Å². The van der Waals surface area contributed by atoms with Gasteiger partial charge >= 0.3 is 5.97 Å². The maximum absolute atomic E-state index is 11.5. The molecule has 0 aromatic carbocycles. The molecule has 4 heteroatoms. The van der Waals surface area contributed by atoms with Gasteiger partial charge in [-0.15, -0.1) is 0 Å². The Kier molecular flexibility index (Phi) is 3.10. The molecule has 0 radical (unpaired) electrons. The molecule has 1 spiro atoms. The average Bonchev–Trinajstić information content (AvgIpc) is 2.87. The van der Waals surface area contributed by atoms with Crippen LogP contribution in [0.4, 0.5) is 0 Å². The van der Waals surface area contributed by atoms with Gasteiger partial charge in [0.15, 0.2) is 0 Å². The van der Waals surface area contributed by atoms with E-state index in [1.807, 2.05) is 0 Å². The van der Waals surface area contributed by atoms with Gasteiger partial charge in [-0.1, -0.05) is 6.42 Å². The third kappa shape index (κ3) is 1.69. The SMILES string of the molecule is COC(=O)C[C@@H]1CCC[C@@]23CCC[C@@H]2[C@@H](C)ON13. The molecule has 0 aromatic heterocycles. The van der Waals surface area contributed by atoms with Crippen LogP contribution in [0.25, 0.3) is 0 Å². The van der Waals surface area contributed by atoms with Crippen LogP contribution in [-0.2, 0) is 14.4 Å². The van der Waals surface area contributed by atoms with E-state index in [0.29, 0.717) is 18.4 Å². The predicted molar refractivity (Wildman–Crippen MR) is 66.7 cm³/mol. The molecule has 2 heterocycles. The number of piperidine rings is 1. The molecular weight excluding hydrogens is 230 g/mol. The van der Waals surface area contributed by atoms with Crippen LogP contribution in [0, 0.1) is 5.92 Å². The van der Waals surface area contributed by atoms with Gasteiger partial charge < -0.3 is 4.74 Å². The number of hydrogen-bond acceptors (Lipinski definition) is 4. The molecule has 18 heavy (non-hydrogen) atoms. The fourth-order valence-electron chi connectivity index (χ4n) is 4.48. The van der Waals surface area contributed by atoms with Gasteiger partial charge in [-0.25, -0.2) is 0 Å². The van der Waals surface area contributed by atoms with E-state index in [1.165, 1.54) is 39.2 Å². The lowest BCUT2D eigenvalue weighted by Crippen LogP contribution is -2.53. The van der Waals surface area contributed by atoms with E-state index in [0.717, 1.165) is 6.42 Å². The Morgan fingerprint density at radius 1 is 1.39 bits per heavy atom. The van der Waals surface area contributed by atoms with Crippen LogP contribution < -0.4 is 0 Å². The topological polar surface area (TPSA) is 38.8 Å². The first-order chi connectivity index (χ1) is 8.67. The van der Waals surface area contributed by atoms with Gasteiger partial charge in [0.05, 0.1) is 25.2 Å². The van der Waals surface area contributed by atoms with E-state index in [9.17, 15) is 4.79 Å². The van der Waals surface area contributed by atoms with Crippen molar-refractivity contribution in [2.45, 2.75) is 69.6 Å². The van der Waals surface area contributed by atoms with Gasteiger partial charge in [0.2, 0.25) is 0 Å². The second-order valence-electron chi connectivity index (χ2n) is 6.06. The third-order valence-corrected chi connectivity index (χ3v) is 5.21. The first kappa shape index (κ1) is 12.4. The molecule has 4 nitrogen and oxygen atoms in total. The lowest BCUT2D eigenvalue weighted by atomic mass is 9.76. The van der Waals surface area contributed by atoms with Crippen molar-refractivity contribution >= 4 is 5.97 Å². The fourth-order valence-corrected chi connectivity index (χ4v) is 4.48. The van der Waals surface area contributed by atoms with Crippen molar-refractivity contribution in [1.82, 2.24) is 5.06 Å². The summed E-state index contributed by atoms with van der Waals surface area (Å²) in [6, 6.07) is 0.219. The Balaban J connectivity index is 1.81. The van der Waals surface area contributed by atoms with Crippen LogP contribution in [-0.4, -0.2) is 35.8 Å². The second kappa shape index (κ2) is 4.49. The van der Waals surface area contributed by atoms with Crippen LogP contribution >= 0.6 is 0 Å². The van der Waals surface area contributed by atoms with Crippen molar-refractivity contribution in [1.29, 1.82) is 0 Å². The summed E-state index contributed by atoms with van der Waals surface area (Å²) in [6.45, 7) is 2.19. The summed E-state index contributed by atoms with van der Waals surface area (Å²) in [7, 11) is 1.47. The number of carbonyl (C=O) groups is 1. The number of rotatable bonds is 2. The molecule has 0 aromatic rings. The van der Waals surface area contributed by atoms with Crippen LogP contribution in [0.15, 0.2) is 0 Å². The van der Waals surface area contributed by atoms with Gasteiger partial charge in [0.1, 0.15) is 0 Å². The Hall–Kier alpha value is -0.610. The van der Waals surface area contributed by atoms with Crippen LogP contribution in [0.5, 0.6) is 0 Å². The minimum absolute atomic E-state index is 0.116. The van der Waals surface area contributed by atoms with E-state index in [2.05, 4.69) is 12.0 Å². The first-order valence-electron chi connectivity index (χ1n) is 7.20. The van der Waals surface area contributed by atoms with E-state index in [1.54, 1.807) is 0 Å². The Morgan fingerprint density at radius 2 is 2.11 bits per heavy atom. The highest BCUT2D eigenvalue weighted by atomic mass is 16.7. The van der Waals surface area contributed by atoms with Gasteiger partial charge in [0.25, 0.3) is 0 Å². The minimum Gasteiger partial charge on any atom is -0.469 e. The van der Waals surface area contributed by atoms with Crippen molar-refractivity contribution in [2.24, 2.45) is 5.92 Å². The smallest absolute Gasteiger partial charge is 0.307 e. The van der Waals surface area contributed by atoms with E-state index >= 15 is 0 Å². The van der Waals surface area contributed by atoms with Crippen molar-refractivity contribution in [3.05, 3.63) is 0 Å². The number of ether oxygens (including phenoxy) is 1. The number of hydrogen-bond donors (Lipinski definition) is 0. The molecule has 3 rings (SSSR count). The number of carbonyl (C=O) groups excluding carboxylic acids is 1. The average molecular weight is 253 g/mol. The summed E-state index contributed by atoms with van der Waals surface area (Å²) < 4.78 is 4.82. The summed E-state index contributed by atoms with van der Waals surface area (Å²) in [5.41, 5.74) is 0.232. The second-order valence-corrected chi connectivity index (χ2v) is 6.06. The molecule has 0 unspecified atom stereocenters. The molecule has 0 amide bonds. The number of methoxy groups -OCH3 is 1. The van der Waals surface area contributed by atoms with Crippen molar-refractivity contribution in [2.75, 3.05) is 7.11 Å². The first-order valence-corrected chi connectivity index (χ1v) is 7.20. The van der Waals surface area contributed by atoms with Gasteiger partial charge in [-0.05, 0) is 39.0 Å². The molecule has 4 atom stereocenters. The van der Waals surface area contributed by atoms with E-state index in [-0.39, 0.29) is 17.6 Å². The van der Waals surface area contributed by atoms with Gasteiger partial charge in [0, 0.05) is 12.0 Å². The standard InChI is InChI=1S/C14H23NO3/c1-10-12-6-4-8-14(12)7-3-5-11(15(14)18-10)9-13(16)17-2/h10-12H,3-9H2,1-2H3/t10-,11+,12-,14-/m1/s1. The Labute approximate surface area is 109 Å². The largest absolute Gasteiger partial charge is 0.469 e. The highest BCUT2D eigenvalue weighted by molar-refractivity contribution is 5.69. The van der Waals surface area contributed by atoms with Gasteiger partial charge in [-0.2, -0.15) is 5.06 Å². The number of esters is 1. The summed E-state index contributed by atoms with van der Waals surface area (Å²) in [5.74, 6) is 0.549. The summed E-state index contributed by atoms with van der Waals surface area (Å²) in [5, 5.41) is 2.20. The van der Waals surface area contributed by atoms with Crippen molar-refractivity contribution < 1.29 is 14.4 Å². The third-order valence-electron chi connectivity index (χ3n) is 5.21. The monoisotopic (exact) mass is 253 g/mol. The number of nitrogens with zero attached hydrogens (tertiary/aromatic N) is 1. The molecule has 2 saturated heterocycles. The van der Waals surface area contributed by atoms with E-state index < -0.39 is 0 Å². The normalized spacial score (nSPS) is 43.6. The van der Waals surface area contributed by atoms with Crippen LogP contribution in [0.2, 0.25) is 0 Å². The predicted octanol–water partition coefficient (Wildman–Crippen LogP) is 2.28. The molecule has 1 saturated carbocycles. The van der Waals surface area contributed by atoms with Crippen LogP contribution in [0.1, 0.15) is 51.9 Å². The van der Waals surface area contributed by atoms with Crippen molar-refractivity contribution in [3.63, 3.8) is 0 Å². The Morgan fingerprint density at radius 3 is 2.83 bits per heavy atom. The highest BCUT2D eigenvalue weighted by Crippen LogP contribution is 2.54. The molecule has 1 aliphatic carbocycles. The summed E-state index contributed by atoms with van der Waals surface area (Å²) in [6.07, 6.45) is 8.10. The zero-order valence-electron chi connectivity index (χ0n) is 11.4. The molecule has 3 fully saturated rings. The quantitative estimate of drug-likeness (QED) is 0.708. The molecule has 102 valence electrons. The summed E-state index contributed by atoms with van der Waals surface area (Å²) in [4.78, 5) is 17.6. The maximum atomic E-state index is 11.5. The molecule has 2 aliphatic heterocycles. The fraction of sp³-hybridized carbons (Fsp3) is 0.929. The molecular formula is C14H23NO3. The molecule has 0 bridgehead atoms. The minimum atomic E-state index is -0.116. The van der Waals surface area contributed by atoms with Crippen LogP contribution in [0.3, 0.4) is 0 Å². The van der Waals surface area contributed by atoms with E-state index in [4.69, 9.17) is 9.57 Å². The van der Waals surface area contributed by atoms with Gasteiger partial charge in [-0.3, -0.25) is 9.63 Å². The maximum Gasteiger partial charge on any atom is 0.307 e. The Bertz CT molecular complexity index is 346. The lowest BCUT2D eigenvalue weighted by Gasteiger charge is -2.45. The molecule has 0 N–H and O–H groups in total. The zero-order chi connectivity index (χ0) is 12.8. The summed E-state index contributed by atoms with van der Waals surface area (Å²) >= 11 is 0.